The van der Waals surface area contributed by atoms with Crippen molar-refractivity contribution in [2.24, 2.45) is 0 Å². The summed E-state index contributed by atoms with van der Waals surface area (Å²) in [5.41, 5.74) is 5.77. The first-order valence-corrected chi connectivity index (χ1v) is 7.90. The Balaban J connectivity index is 2.73. The monoisotopic (exact) mass is 298 g/mol. The van der Waals surface area contributed by atoms with Crippen LogP contribution in [0.2, 0.25) is 0 Å². The molecule has 0 heterocycles. The number of rotatable bonds is 3. The highest BCUT2D eigenvalue weighted by atomic mass is 16.3. The van der Waals surface area contributed by atoms with Crippen LogP contribution >= 0.6 is 0 Å². The molecule has 0 unspecified atom stereocenters. The zero-order valence-corrected chi connectivity index (χ0v) is 14.4. The molecular formula is C20H26O2. The molecule has 0 spiro atoms. The van der Waals surface area contributed by atoms with Crippen LogP contribution in [-0.4, -0.2) is 10.2 Å². The Hall–Kier alpha value is -1.96. The fourth-order valence-corrected chi connectivity index (χ4v) is 3.04. The topological polar surface area (TPSA) is 40.5 Å². The maximum atomic E-state index is 10.7. The fourth-order valence-electron chi connectivity index (χ4n) is 3.04. The average molecular weight is 298 g/mol. The zero-order chi connectivity index (χ0) is 16.6. The molecule has 0 bridgehead atoms. The van der Waals surface area contributed by atoms with E-state index in [2.05, 4.69) is 33.8 Å². The second kappa shape index (κ2) is 6.04. The largest absolute Gasteiger partial charge is 0.507 e. The van der Waals surface area contributed by atoms with Crippen molar-refractivity contribution in [3.63, 3.8) is 0 Å². The SMILES string of the molecule is Cc1cc(-c2ccc(C(C)C)c(O)c2C(C)C)cc(C)c1O. The third-order valence-electron chi connectivity index (χ3n) is 4.25. The van der Waals surface area contributed by atoms with Crippen LogP contribution < -0.4 is 0 Å². The standard InChI is InChI=1S/C20H26O2/c1-11(2)16-7-8-17(18(12(3)4)20(16)22)15-9-13(5)19(21)14(6)10-15/h7-12,21-22H,1-6H3. The van der Waals surface area contributed by atoms with Crippen LogP contribution in [0.3, 0.4) is 0 Å². The van der Waals surface area contributed by atoms with Gasteiger partial charge in [-0.05, 0) is 65.6 Å². The molecule has 22 heavy (non-hydrogen) atoms. The van der Waals surface area contributed by atoms with Crippen LogP contribution in [0.5, 0.6) is 11.5 Å². The molecule has 0 aromatic heterocycles. The van der Waals surface area contributed by atoms with Crippen molar-refractivity contribution in [2.75, 3.05) is 0 Å². The predicted octanol–water partition coefficient (Wildman–Crippen LogP) is 5.63. The molecule has 118 valence electrons. The van der Waals surface area contributed by atoms with Gasteiger partial charge in [0.1, 0.15) is 11.5 Å². The molecule has 2 nitrogen and oxygen atoms in total. The van der Waals surface area contributed by atoms with Crippen molar-refractivity contribution < 1.29 is 10.2 Å². The lowest BCUT2D eigenvalue weighted by Gasteiger charge is -2.20. The molecule has 0 saturated carbocycles. The van der Waals surface area contributed by atoms with Gasteiger partial charge in [-0.2, -0.15) is 0 Å². The zero-order valence-electron chi connectivity index (χ0n) is 14.4. The van der Waals surface area contributed by atoms with Gasteiger partial charge in [-0.3, -0.25) is 0 Å². The Bertz CT molecular complexity index is 674. The highest BCUT2D eigenvalue weighted by Crippen LogP contribution is 2.41. The van der Waals surface area contributed by atoms with Crippen molar-refractivity contribution >= 4 is 0 Å². The van der Waals surface area contributed by atoms with E-state index in [4.69, 9.17) is 0 Å². The number of aryl methyl sites for hydroxylation is 2. The van der Waals surface area contributed by atoms with Crippen molar-refractivity contribution in [2.45, 2.75) is 53.4 Å². The van der Waals surface area contributed by atoms with E-state index in [-0.39, 0.29) is 11.8 Å². The first-order valence-electron chi connectivity index (χ1n) is 7.90. The molecule has 2 N–H and O–H groups in total. The molecule has 0 radical (unpaired) electrons. The van der Waals surface area contributed by atoms with Crippen molar-refractivity contribution in [3.05, 3.63) is 46.5 Å². The van der Waals surface area contributed by atoms with E-state index in [1.165, 1.54) is 0 Å². The molecule has 0 aliphatic rings. The summed E-state index contributed by atoms with van der Waals surface area (Å²) in [4.78, 5) is 0. The van der Waals surface area contributed by atoms with Crippen LogP contribution in [0.4, 0.5) is 0 Å². The molecule has 0 atom stereocenters. The van der Waals surface area contributed by atoms with Crippen LogP contribution in [0, 0.1) is 13.8 Å². The number of phenolic OH excluding ortho intramolecular Hbond substituents is 2. The van der Waals surface area contributed by atoms with Gasteiger partial charge in [0, 0.05) is 5.56 Å². The summed E-state index contributed by atoms with van der Waals surface area (Å²) in [5.74, 6) is 1.27. The number of phenols is 2. The van der Waals surface area contributed by atoms with E-state index in [1.54, 1.807) is 0 Å². The summed E-state index contributed by atoms with van der Waals surface area (Å²) in [6, 6.07) is 8.07. The molecule has 0 fully saturated rings. The number of aromatic hydroxyl groups is 2. The van der Waals surface area contributed by atoms with Crippen molar-refractivity contribution in [1.29, 1.82) is 0 Å². The van der Waals surface area contributed by atoms with Gasteiger partial charge in [0.2, 0.25) is 0 Å². The second-order valence-corrected chi connectivity index (χ2v) is 6.73. The van der Waals surface area contributed by atoms with Crippen molar-refractivity contribution in [1.82, 2.24) is 0 Å². The van der Waals surface area contributed by atoms with Gasteiger partial charge in [-0.1, -0.05) is 39.8 Å². The summed E-state index contributed by atoms with van der Waals surface area (Å²) in [6.07, 6.45) is 0. The molecule has 0 aliphatic heterocycles. The van der Waals surface area contributed by atoms with Gasteiger partial charge in [-0.25, -0.2) is 0 Å². The number of hydrogen-bond donors (Lipinski definition) is 2. The molecule has 0 saturated heterocycles. The van der Waals surface area contributed by atoms with Gasteiger partial charge in [0.15, 0.2) is 0 Å². The molecule has 2 rings (SSSR count). The Morgan fingerprint density at radius 3 is 1.77 bits per heavy atom. The minimum absolute atomic E-state index is 0.225. The van der Waals surface area contributed by atoms with Gasteiger partial charge in [-0.15, -0.1) is 0 Å². The van der Waals surface area contributed by atoms with Crippen LogP contribution in [0.1, 0.15) is 61.8 Å². The van der Waals surface area contributed by atoms with Crippen LogP contribution in [-0.2, 0) is 0 Å². The highest BCUT2D eigenvalue weighted by Gasteiger charge is 2.19. The summed E-state index contributed by atoms with van der Waals surface area (Å²) in [6.45, 7) is 12.2. The van der Waals surface area contributed by atoms with Crippen LogP contribution in [0.25, 0.3) is 11.1 Å². The minimum Gasteiger partial charge on any atom is -0.507 e. The maximum absolute atomic E-state index is 10.7. The summed E-state index contributed by atoms with van der Waals surface area (Å²) in [5, 5.41) is 20.7. The molecule has 2 heteroatoms. The van der Waals surface area contributed by atoms with E-state index < -0.39 is 0 Å². The fraction of sp³-hybridized carbons (Fsp3) is 0.400. The Kier molecular flexibility index (Phi) is 4.50. The minimum atomic E-state index is 0.225. The molecule has 2 aromatic rings. The third-order valence-corrected chi connectivity index (χ3v) is 4.25. The first-order chi connectivity index (χ1) is 10.2. The lowest BCUT2D eigenvalue weighted by Crippen LogP contribution is -1.99. The Morgan fingerprint density at radius 1 is 0.773 bits per heavy atom. The Labute approximate surface area is 133 Å². The average Bonchev–Trinajstić information content (AvgIpc) is 2.42. The van der Waals surface area contributed by atoms with E-state index in [9.17, 15) is 10.2 Å². The molecular weight excluding hydrogens is 272 g/mol. The smallest absolute Gasteiger partial charge is 0.123 e. The van der Waals surface area contributed by atoms with E-state index in [0.29, 0.717) is 11.5 Å². The summed E-state index contributed by atoms with van der Waals surface area (Å²) < 4.78 is 0. The Morgan fingerprint density at radius 2 is 1.32 bits per heavy atom. The third kappa shape index (κ3) is 2.83. The van der Waals surface area contributed by atoms with E-state index >= 15 is 0 Å². The van der Waals surface area contributed by atoms with E-state index in [1.807, 2.05) is 32.0 Å². The van der Waals surface area contributed by atoms with Gasteiger partial charge in [0.05, 0.1) is 0 Å². The first kappa shape index (κ1) is 16.4. The van der Waals surface area contributed by atoms with Gasteiger partial charge < -0.3 is 10.2 Å². The lowest BCUT2D eigenvalue weighted by atomic mass is 9.86. The summed E-state index contributed by atoms with van der Waals surface area (Å²) in [7, 11) is 0. The molecule has 0 amide bonds. The number of hydrogen-bond acceptors (Lipinski definition) is 2. The van der Waals surface area contributed by atoms with E-state index in [0.717, 1.165) is 33.4 Å². The predicted molar refractivity (Wildman–Crippen MR) is 92.9 cm³/mol. The van der Waals surface area contributed by atoms with Gasteiger partial charge in [0.25, 0.3) is 0 Å². The van der Waals surface area contributed by atoms with Gasteiger partial charge >= 0.3 is 0 Å². The normalized spacial score (nSPS) is 11.5. The molecule has 0 aliphatic carbocycles. The lowest BCUT2D eigenvalue weighted by molar-refractivity contribution is 0.455. The van der Waals surface area contributed by atoms with Crippen molar-refractivity contribution in [3.8, 4) is 22.6 Å². The molecule has 2 aromatic carbocycles. The number of benzene rings is 2. The second-order valence-electron chi connectivity index (χ2n) is 6.73. The van der Waals surface area contributed by atoms with Crippen LogP contribution in [0.15, 0.2) is 24.3 Å². The maximum Gasteiger partial charge on any atom is 0.123 e. The summed E-state index contributed by atoms with van der Waals surface area (Å²) >= 11 is 0. The highest BCUT2D eigenvalue weighted by molar-refractivity contribution is 5.74. The quantitative estimate of drug-likeness (QED) is 0.771.